The van der Waals surface area contributed by atoms with Gasteiger partial charge in [-0.1, -0.05) is 0 Å². The minimum absolute atomic E-state index is 0.0590. The number of pyridine rings is 1. The number of nitrogen functional groups attached to an aromatic ring is 1. The summed E-state index contributed by atoms with van der Waals surface area (Å²) < 4.78 is 32.6. The zero-order chi connectivity index (χ0) is 31.2. The van der Waals surface area contributed by atoms with Gasteiger partial charge in [-0.2, -0.15) is 15.2 Å². The summed E-state index contributed by atoms with van der Waals surface area (Å²) in [6, 6.07) is 7.28. The Morgan fingerprint density at radius 1 is 1.20 bits per heavy atom. The summed E-state index contributed by atoms with van der Waals surface area (Å²) in [5, 5.41) is 14.9. The molecular formula is C32H37FN8O3S. The van der Waals surface area contributed by atoms with Gasteiger partial charge in [0.2, 0.25) is 0 Å². The average molecular weight is 633 g/mol. The third-order valence-electron chi connectivity index (χ3n) is 9.57. The molecule has 2 saturated heterocycles. The van der Waals surface area contributed by atoms with E-state index < -0.39 is 5.82 Å². The molecule has 5 heterocycles. The molecule has 0 radical (unpaired) electrons. The summed E-state index contributed by atoms with van der Waals surface area (Å²) in [6.45, 7) is 6.51. The van der Waals surface area contributed by atoms with E-state index in [1.807, 2.05) is 6.07 Å². The number of rotatable bonds is 10. The lowest BCUT2D eigenvalue weighted by atomic mass is 9.75. The largest absolute Gasteiger partial charge is 0.463 e. The molecule has 1 saturated carbocycles. The van der Waals surface area contributed by atoms with Crippen LogP contribution in [0.25, 0.3) is 32.2 Å². The van der Waals surface area contributed by atoms with Crippen molar-refractivity contribution in [1.82, 2.24) is 24.8 Å². The Labute approximate surface area is 265 Å². The van der Waals surface area contributed by atoms with Gasteiger partial charge in [0.15, 0.2) is 0 Å². The number of fused-ring (bicyclic) bond motifs is 2. The highest BCUT2D eigenvalue weighted by atomic mass is 32.1. The maximum atomic E-state index is 14.8. The summed E-state index contributed by atoms with van der Waals surface area (Å²) >= 11 is 1.07. The molecule has 45 heavy (non-hydrogen) atoms. The van der Waals surface area contributed by atoms with E-state index >= 15 is 0 Å². The topological polar surface area (TPSA) is 135 Å². The number of hydrogen-bond donors (Lipinski definition) is 2. The van der Waals surface area contributed by atoms with Crippen LogP contribution in [-0.2, 0) is 9.47 Å². The summed E-state index contributed by atoms with van der Waals surface area (Å²) in [6.07, 6.45) is 5.15. The predicted octanol–water partition coefficient (Wildman–Crippen LogP) is 4.12. The number of aromatic nitrogens is 3. The molecule has 13 heteroatoms. The second kappa shape index (κ2) is 11.9. The van der Waals surface area contributed by atoms with Crippen molar-refractivity contribution < 1.29 is 18.6 Å². The highest BCUT2D eigenvalue weighted by Gasteiger charge is 2.42. The highest BCUT2D eigenvalue weighted by Crippen LogP contribution is 2.41. The summed E-state index contributed by atoms with van der Waals surface area (Å²) in [5.41, 5.74) is 8.07. The van der Waals surface area contributed by atoms with Gasteiger partial charge in [-0.05, 0) is 51.6 Å². The molecule has 2 aliphatic heterocycles. The van der Waals surface area contributed by atoms with E-state index in [9.17, 15) is 9.65 Å². The molecule has 3 N–H and O–H groups in total. The zero-order valence-electron chi connectivity index (χ0n) is 25.6. The normalized spacial score (nSPS) is 19.3. The molecule has 11 nitrogen and oxygen atoms in total. The lowest BCUT2D eigenvalue weighted by molar-refractivity contribution is -0.150. The molecule has 0 unspecified atom stereocenters. The van der Waals surface area contributed by atoms with E-state index in [1.165, 1.54) is 12.5 Å². The number of nitriles is 1. The van der Waals surface area contributed by atoms with Crippen molar-refractivity contribution in [1.29, 1.82) is 5.26 Å². The van der Waals surface area contributed by atoms with Gasteiger partial charge in [0.05, 0.1) is 58.7 Å². The van der Waals surface area contributed by atoms with Crippen molar-refractivity contribution in [2.45, 2.75) is 24.8 Å². The Balaban J connectivity index is 1.25. The first-order chi connectivity index (χ1) is 21.8. The van der Waals surface area contributed by atoms with Crippen molar-refractivity contribution in [2.75, 3.05) is 84.4 Å². The highest BCUT2D eigenvalue weighted by molar-refractivity contribution is 7.23. The number of halogens is 1. The number of nitrogens with two attached hydrogens (primary N) is 1. The van der Waals surface area contributed by atoms with Gasteiger partial charge in [-0.15, -0.1) is 11.3 Å². The Kier molecular flexibility index (Phi) is 7.95. The van der Waals surface area contributed by atoms with Gasteiger partial charge in [-0.25, -0.2) is 4.39 Å². The Hall–Kier alpha value is -3.67. The van der Waals surface area contributed by atoms with Gasteiger partial charge in [0.1, 0.15) is 29.3 Å². The van der Waals surface area contributed by atoms with Crippen LogP contribution in [0.3, 0.4) is 0 Å². The lowest BCUT2D eigenvalue weighted by Crippen LogP contribution is -2.56. The first-order valence-electron chi connectivity index (χ1n) is 15.3. The van der Waals surface area contributed by atoms with E-state index in [2.05, 4.69) is 35.3 Å². The summed E-state index contributed by atoms with van der Waals surface area (Å²) in [7, 11) is 4.23. The monoisotopic (exact) mass is 632 g/mol. The van der Waals surface area contributed by atoms with Crippen LogP contribution < -0.4 is 15.8 Å². The molecule has 4 aromatic rings. The lowest BCUT2D eigenvalue weighted by Gasteiger charge is -2.47. The third kappa shape index (κ3) is 5.55. The van der Waals surface area contributed by atoms with Crippen LogP contribution in [0, 0.1) is 22.6 Å². The van der Waals surface area contributed by atoms with Gasteiger partial charge in [-0.3, -0.25) is 9.88 Å². The van der Waals surface area contributed by atoms with Crippen LogP contribution in [0.2, 0.25) is 0 Å². The molecule has 0 atom stereocenters. The Bertz CT molecular complexity index is 1780. The minimum atomic E-state index is -0.422. The maximum absolute atomic E-state index is 14.8. The number of nitrogens with zero attached hydrogens (tertiary/aromatic N) is 6. The molecule has 1 aromatic carbocycles. The van der Waals surface area contributed by atoms with Crippen molar-refractivity contribution in [2.24, 2.45) is 5.41 Å². The molecular weight excluding hydrogens is 595 g/mol. The SMILES string of the molecule is CN(C)C1(CNc2nc(OCC3(CN4CCOCC4)COC3)nc3cc(-c4ccc(F)c5sc(N)c(C#N)c45)ncc23)CCC1. The fraction of sp³-hybridized carbons (Fsp3) is 0.500. The van der Waals surface area contributed by atoms with E-state index in [0.717, 1.165) is 69.0 Å². The fourth-order valence-corrected chi connectivity index (χ4v) is 7.49. The zero-order valence-corrected chi connectivity index (χ0v) is 26.4. The van der Waals surface area contributed by atoms with Crippen molar-refractivity contribution in [3.8, 4) is 23.3 Å². The molecule has 236 valence electrons. The van der Waals surface area contributed by atoms with Crippen molar-refractivity contribution in [3.05, 3.63) is 35.8 Å². The minimum Gasteiger partial charge on any atom is -0.463 e. The van der Waals surface area contributed by atoms with Gasteiger partial charge in [0, 0.05) is 48.9 Å². The molecule has 3 aromatic heterocycles. The molecule has 1 aliphatic carbocycles. The number of ether oxygens (including phenoxy) is 3. The third-order valence-corrected chi connectivity index (χ3v) is 10.6. The van der Waals surface area contributed by atoms with E-state index in [4.69, 9.17) is 34.9 Å². The molecule has 3 fully saturated rings. The van der Waals surface area contributed by atoms with Gasteiger partial charge >= 0.3 is 6.01 Å². The number of benzene rings is 1. The first-order valence-corrected chi connectivity index (χ1v) is 16.1. The Morgan fingerprint density at radius 3 is 2.67 bits per heavy atom. The predicted molar refractivity (Wildman–Crippen MR) is 172 cm³/mol. The Morgan fingerprint density at radius 2 is 2.00 bits per heavy atom. The standard InChI is InChI=1S/C32H37FN8O3S/c1-40(2)32(6-3-7-32)15-37-29-22-14-36-24(20-4-5-23(33)27-26(20)21(13-34)28(35)45-27)12-25(22)38-30(39-29)44-19-31(17-43-18-31)16-41-8-10-42-11-9-41/h4-5,12,14H,3,6-11,15-19,35H2,1-2H3,(H,37,38,39). The van der Waals surface area contributed by atoms with Crippen LogP contribution in [-0.4, -0.2) is 104 Å². The van der Waals surface area contributed by atoms with E-state index in [1.54, 1.807) is 12.3 Å². The summed E-state index contributed by atoms with van der Waals surface area (Å²) in [4.78, 5) is 19.1. The number of likely N-dealkylation sites (N-methyl/N-ethyl adjacent to an activating group) is 1. The number of hydrogen-bond acceptors (Lipinski definition) is 12. The van der Waals surface area contributed by atoms with Crippen LogP contribution in [0.15, 0.2) is 24.4 Å². The number of nitrogens with one attached hydrogen (secondary N) is 1. The van der Waals surface area contributed by atoms with Crippen LogP contribution >= 0.6 is 11.3 Å². The van der Waals surface area contributed by atoms with Crippen LogP contribution in [0.4, 0.5) is 15.2 Å². The molecule has 0 amide bonds. The smallest absolute Gasteiger partial charge is 0.318 e. The average Bonchev–Trinajstić information content (AvgIpc) is 3.34. The van der Waals surface area contributed by atoms with Gasteiger partial charge < -0.3 is 30.2 Å². The van der Waals surface area contributed by atoms with Crippen LogP contribution in [0.1, 0.15) is 24.8 Å². The molecule has 7 rings (SSSR count). The second-order valence-electron chi connectivity index (χ2n) is 12.7. The van der Waals surface area contributed by atoms with Crippen molar-refractivity contribution >= 4 is 43.1 Å². The number of thiophene rings is 1. The second-order valence-corrected chi connectivity index (χ2v) is 13.7. The molecule has 0 bridgehead atoms. The number of anilines is 2. The summed E-state index contributed by atoms with van der Waals surface area (Å²) in [5.74, 6) is 0.227. The first kappa shape index (κ1) is 30.0. The number of morpholine rings is 1. The van der Waals surface area contributed by atoms with Crippen molar-refractivity contribution in [3.63, 3.8) is 0 Å². The van der Waals surface area contributed by atoms with Crippen LogP contribution in [0.5, 0.6) is 6.01 Å². The molecule has 3 aliphatic rings. The van der Waals surface area contributed by atoms with E-state index in [-0.39, 0.29) is 27.5 Å². The quantitative estimate of drug-likeness (QED) is 0.261. The maximum Gasteiger partial charge on any atom is 0.318 e. The van der Waals surface area contributed by atoms with E-state index in [0.29, 0.717) is 52.5 Å². The molecule has 0 spiro atoms. The fourth-order valence-electron chi connectivity index (χ4n) is 6.54. The van der Waals surface area contributed by atoms with Gasteiger partial charge in [0.25, 0.3) is 0 Å².